The summed E-state index contributed by atoms with van der Waals surface area (Å²) in [6.45, 7) is 2.08. The van der Waals surface area contributed by atoms with Gasteiger partial charge in [-0.15, -0.1) is 11.3 Å². The van der Waals surface area contributed by atoms with Crippen molar-refractivity contribution in [2.24, 2.45) is 7.05 Å². The van der Waals surface area contributed by atoms with E-state index in [0.29, 0.717) is 5.13 Å². The molecule has 0 aliphatic heterocycles. The molecule has 5 heteroatoms. The summed E-state index contributed by atoms with van der Waals surface area (Å²) in [4.78, 5) is 8.94. The lowest BCUT2D eigenvalue weighted by molar-refractivity contribution is 0.836. The summed E-state index contributed by atoms with van der Waals surface area (Å²) in [6.07, 6.45) is 0.720. The molecule has 2 aromatic heterocycles. The Morgan fingerprint density at radius 2 is 2.17 bits per heavy atom. The summed E-state index contributed by atoms with van der Waals surface area (Å²) in [7, 11) is 2.04. The molecule has 0 aliphatic rings. The molecule has 0 radical (unpaired) electrons. The Hall–Kier alpha value is -1.88. The van der Waals surface area contributed by atoms with E-state index < -0.39 is 0 Å². The predicted molar refractivity (Wildman–Crippen MR) is 74.8 cm³/mol. The molecule has 0 saturated heterocycles. The van der Waals surface area contributed by atoms with Crippen LogP contribution < -0.4 is 5.73 Å². The van der Waals surface area contributed by atoms with Gasteiger partial charge in [-0.3, -0.25) is 0 Å². The molecule has 0 spiro atoms. The van der Waals surface area contributed by atoms with Crippen LogP contribution in [0.1, 0.15) is 17.1 Å². The fourth-order valence-corrected chi connectivity index (χ4v) is 2.65. The second-order valence-electron chi connectivity index (χ2n) is 4.43. The summed E-state index contributed by atoms with van der Waals surface area (Å²) >= 11 is 1.47. The van der Waals surface area contributed by atoms with Crippen LogP contribution in [0.15, 0.2) is 23.6 Å². The number of aromatic nitrogens is 3. The highest BCUT2D eigenvalue weighted by Crippen LogP contribution is 2.19. The number of nitrogen functional groups attached to an aromatic ring is 1. The van der Waals surface area contributed by atoms with Gasteiger partial charge in [-0.25, -0.2) is 9.97 Å². The molecular formula is C13H14N4S. The summed E-state index contributed by atoms with van der Waals surface area (Å²) in [5.41, 5.74) is 10.0. The van der Waals surface area contributed by atoms with E-state index in [1.54, 1.807) is 0 Å². The number of hydrogen-bond acceptors (Lipinski definition) is 4. The molecule has 1 aromatic carbocycles. The third kappa shape index (κ3) is 1.86. The van der Waals surface area contributed by atoms with Crippen LogP contribution in [-0.4, -0.2) is 14.5 Å². The molecule has 0 aliphatic carbocycles. The molecule has 4 nitrogen and oxygen atoms in total. The molecule has 18 heavy (non-hydrogen) atoms. The van der Waals surface area contributed by atoms with Gasteiger partial charge < -0.3 is 10.3 Å². The Kier molecular flexibility index (Phi) is 2.56. The second kappa shape index (κ2) is 4.10. The van der Waals surface area contributed by atoms with Gasteiger partial charge in [0.1, 0.15) is 5.82 Å². The Morgan fingerprint density at radius 1 is 1.33 bits per heavy atom. The molecule has 0 amide bonds. The third-order valence-corrected chi connectivity index (χ3v) is 3.76. The van der Waals surface area contributed by atoms with Crippen LogP contribution in [-0.2, 0) is 13.5 Å². The fourth-order valence-electron chi connectivity index (χ4n) is 2.08. The predicted octanol–water partition coefficient (Wildman–Crippen LogP) is 2.51. The van der Waals surface area contributed by atoms with Crippen molar-refractivity contribution in [2.45, 2.75) is 13.3 Å². The number of imidazole rings is 1. The zero-order valence-electron chi connectivity index (χ0n) is 10.3. The van der Waals surface area contributed by atoms with Crippen LogP contribution in [0.5, 0.6) is 0 Å². The van der Waals surface area contributed by atoms with Gasteiger partial charge in [0.05, 0.1) is 16.7 Å². The highest BCUT2D eigenvalue weighted by atomic mass is 32.1. The van der Waals surface area contributed by atoms with Crippen LogP contribution in [0.4, 0.5) is 5.13 Å². The van der Waals surface area contributed by atoms with Crippen molar-refractivity contribution in [1.82, 2.24) is 14.5 Å². The molecule has 0 bridgehead atoms. The Bertz CT molecular complexity index is 711. The number of thiazole rings is 1. The molecule has 0 fully saturated rings. The van der Waals surface area contributed by atoms with Crippen molar-refractivity contribution < 1.29 is 0 Å². The maximum atomic E-state index is 5.65. The van der Waals surface area contributed by atoms with Crippen molar-refractivity contribution in [3.05, 3.63) is 40.7 Å². The zero-order chi connectivity index (χ0) is 12.7. The minimum absolute atomic E-state index is 0.611. The zero-order valence-corrected chi connectivity index (χ0v) is 11.2. The number of anilines is 1. The van der Waals surface area contributed by atoms with Crippen LogP contribution >= 0.6 is 11.3 Å². The van der Waals surface area contributed by atoms with Gasteiger partial charge in [0.15, 0.2) is 5.13 Å². The quantitative estimate of drug-likeness (QED) is 0.768. The van der Waals surface area contributed by atoms with E-state index in [-0.39, 0.29) is 0 Å². The molecule has 0 atom stereocenters. The van der Waals surface area contributed by atoms with Gasteiger partial charge in [0, 0.05) is 18.8 Å². The van der Waals surface area contributed by atoms with E-state index in [2.05, 4.69) is 39.7 Å². The van der Waals surface area contributed by atoms with E-state index in [9.17, 15) is 0 Å². The minimum atomic E-state index is 0.611. The molecule has 0 saturated carbocycles. The van der Waals surface area contributed by atoms with Gasteiger partial charge >= 0.3 is 0 Å². The number of aryl methyl sites for hydroxylation is 2. The Morgan fingerprint density at radius 3 is 2.89 bits per heavy atom. The number of fused-ring (bicyclic) bond motifs is 1. The van der Waals surface area contributed by atoms with Crippen LogP contribution in [0.3, 0.4) is 0 Å². The van der Waals surface area contributed by atoms with E-state index in [0.717, 1.165) is 29.0 Å². The van der Waals surface area contributed by atoms with Gasteiger partial charge in [-0.05, 0) is 24.6 Å². The lowest BCUT2D eigenvalue weighted by Gasteiger charge is -2.00. The number of nitrogens with two attached hydrogens (primary N) is 1. The molecule has 3 aromatic rings. The summed E-state index contributed by atoms with van der Waals surface area (Å²) in [5.74, 6) is 1.01. The molecular weight excluding hydrogens is 244 g/mol. The van der Waals surface area contributed by atoms with Crippen molar-refractivity contribution in [3.63, 3.8) is 0 Å². The standard InChI is InChI=1S/C13H14N4S/c1-8-3-4-11-10(5-8)16-12(17(11)2)6-9-7-18-13(14)15-9/h3-5,7H,6H2,1-2H3,(H2,14,15). The maximum Gasteiger partial charge on any atom is 0.180 e. The first kappa shape index (κ1) is 11.2. The summed E-state index contributed by atoms with van der Waals surface area (Å²) in [6, 6.07) is 6.32. The molecule has 3 rings (SSSR count). The molecule has 92 valence electrons. The number of benzene rings is 1. The third-order valence-electron chi connectivity index (χ3n) is 3.04. The lowest BCUT2D eigenvalue weighted by Crippen LogP contribution is -1.99. The smallest absolute Gasteiger partial charge is 0.180 e. The molecule has 0 unspecified atom stereocenters. The van der Waals surface area contributed by atoms with Crippen LogP contribution in [0, 0.1) is 6.92 Å². The van der Waals surface area contributed by atoms with Crippen molar-refractivity contribution in [1.29, 1.82) is 0 Å². The van der Waals surface area contributed by atoms with Gasteiger partial charge in [0.2, 0.25) is 0 Å². The van der Waals surface area contributed by atoms with E-state index >= 15 is 0 Å². The molecule has 2 heterocycles. The van der Waals surface area contributed by atoms with E-state index in [1.807, 2.05) is 12.4 Å². The first-order valence-corrected chi connectivity index (χ1v) is 6.63. The largest absolute Gasteiger partial charge is 0.375 e. The second-order valence-corrected chi connectivity index (χ2v) is 5.32. The van der Waals surface area contributed by atoms with E-state index in [1.165, 1.54) is 16.9 Å². The summed E-state index contributed by atoms with van der Waals surface area (Å²) < 4.78 is 2.12. The highest BCUT2D eigenvalue weighted by Gasteiger charge is 2.10. The lowest BCUT2D eigenvalue weighted by atomic mass is 10.2. The van der Waals surface area contributed by atoms with Crippen LogP contribution in [0.25, 0.3) is 11.0 Å². The average Bonchev–Trinajstić information content (AvgIpc) is 2.85. The molecule has 2 N–H and O–H groups in total. The fraction of sp³-hybridized carbons (Fsp3) is 0.231. The first-order valence-electron chi connectivity index (χ1n) is 5.75. The topological polar surface area (TPSA) is 56.7 Å². The van der Waals surface area contributed by atoms with E-state index in [4.69, 9.17) is 5.73 Å². The minimum Gasteiger partial charge on any atom is -0.375 e. The van der Waals surface area contributed by atoms with Crippen LogP contribution in [0.2, 0.25) is 0 Å². The van der Waals surface area contributed by atoms with Crippen molar-refractivity contribution >= 4 is 27.5 Å². The summed E-state index contributed by atoms with van der Waals surface area (Å²) in [5, 5.41) is 2.60. The normalized spacial score (nSPS) is 11.2. The maximum absolute atomic E-state index is 5.65. The Balaban J connectivity index is 2.04. The number of nitrogens with zero attached hydrogens (tertiary/aromatic N) is 3. The average molecular weight is 258 g/mol. The number of hydrogen-bond donors (Lipinski definition) is 1. The van der Waals surface area contributed by atoms with Gasteiger partial charge in [0.25, 0.3) is 0 Å². The van der Waals surface area contributed by atoms with Crippen molar-refractivity contribution in [3.8, 4) is 0 Å². The Labute approximate surface area is 109 Å². The monoisotopic (exact) mass is 258 g/mol. The highest BCUT2D eigenvalue weighted by molar-refractivity contribution is 7.13. The SMILES string of the molecule is Cc1ccc2c(c1)nc(Cc1csc(N)n1)n2C. The number of rotatable bonds is 2. The van der Waals surface area contributed by atoms with Crippen molar-refractivity contribution in [2.75, 3.05) is 5.73 Å². The first-order chi connectivity index (χ1) is 8.63. The van der Waals surface area contributed by atoms with Gasteiger partial charge in [-0.1, -0.05) is 6.07 Å². The van der Waals surface area contributed by atoms with Gasteiger partial charge in [-0.2, -0.15) is 0 Å².